The van der Waals surface area contributed by atoms with E-state index >= 15 is 0 Å². The molecule has 1 amide bonds. The number of nitrogens with two attached hydrogens (primary N) is 1. The van der Waals surface area contributed by atoms with Gasteiger partial charge in [0.1, 0.15) is 10.7 Å². The Morgan fingerprint density at radius 3 is 2.57 bits per heavy atom. The molecule has 3 rings (SSSR count). The van der Waals surface area contributed by atoms with E-state index in [9.17, 15) is 4.79 Å². The summed E-state index contributed by atoms with van der Waals surface area (Å²) in [7, 11) is 0. The molecule has 0 radical (unpaired) electrons. The van der Waals surface area contributed by atoms with Gasteiger partial charge in [0, 0.05) is 50.5 Å². The first-order valence-electron chi connectivity index (χ1n) is 6.73. The lowest BCUT2D eigenvalue weighted by molar-refractivity contribution is 0.0741. The second kappa shape index (κ2) is 6.15. The normalized spacial score (nSPS) is 15.3. The van der Waals surface area contributed by atoms with E-state index in [1.54, 1.807) is 23.8 Å². The van der Waals surface area contributed by atoms with Crippen molar-refractivity contribution in [1.29, 1.82) is 0 Å². The first-order chi connectivity index (χ1) is 10.3. The zero-order valence-electron chi connectivity index (χ0n) is 11.5. The van der Waals surface area contributed by atoms with Crippen LogP contribution in [0.4, 0.5) is 5.95 Å². The average Bonchev–Trinajstić information content (AvgIpc) is 3.04. The van der Waals surface area contributed by atoms with E-state index in [1.807, 2.05) is 4.90 Å². The van der Waals surface area contributed by atoms with E-state index in [0.717, 1.165) is 18.1 Å². The van der Waals surface area contributed by atoms with Gasteiger partial charge in [0.15, 0.2) is 0 Å². The van der Waals surface area contributed by atoms with Crippen molar-refractivity contribution in [2.75, 3.05) is 31.1 Å². The number of amides is 1. The van der Waals surface area contributed by atoms with Crippen LogP contribution in [0.15, 0.2) is 23.8 Å². The van der Waals surface area contributed by atoms with E-state index in [0.29, 0.717) is 31.3 Å². The number of nitrogens with zero attached hydrogens (tertiary/aromatic N) is 5. The van der Waals surface area contributed by atoms with Gasteiger partial charge in [0.2, 0.25) is 5.95 Å². The molecule has 110 valence electrons. The van der Waals surface area contributed by atoms with Gasteiger partial charge >= 0.3 is 0 Å². The maximum atomic E-state index is 12.4. The fourth-order valence-electron chi connectivity index (χ4n) is 2.23. The fourth-order valence-corrected chi connectivity index (χ4v) is 2.88. The number of thiazole rings is 1. The van der Waals surface area contributed by atoms with Crippen LogP contribution in [0.3, 0.4) is 0 Å². The zero-order chi connectivity index (χ0) is 14.7. The van der Waals surface area contributed by atoms with Gasteiger partial charge in [-0.3, -0.25) is 4.79 Å². The van der Waals surface area contributed by atoms with Gasteiger partial charge in [-0.2, -0.15) is 0 Å². The molecule has 0 aromatic carbocycles. The molecule has 1 aliphatic rings. The summed E-state index contributed by atoms with van der Waals surface area (Å²) in [5.74, 6) is 0.684. The topological polar surface area (TPSA) is 88.2 Å². The smallest absolute Gasteiger partial charge is 0.273 e. The molecule has 0 bridgehead atoms. The van der Waals surface area contributed by atoms with Crippen LogP contribution >= 0.6 is 11.3 Å². The van der Waals surface area contributed by atoms with Crippen molar-refractivity contribution in [3.05, 3.63) is 34.5 Å². The van der Waals surface area contributed by atoms with Gasteiger partial charge in [-0.1, -0.05) is 0 Å². The third-order valence-corrected chi connectivity index (χ3v) is 4.22. The molecular weight excluding hydrogens is 288 g/mol. The van der Waals surface area contributed by atoms with Gasteiger partial charge in [0.05, 0.1) is 0 Å². The Hall–Kier alpha value is -2.06. The van der Waals surface area contributed by atoms with Crippen LogP contribution in [0.5, 0.6) is 0 Å². The predicted molar refractivity (Wildman–Crippen MR) is 80.2 cm³/mol. The lowest BCUT2D eigenvalue weighted by Crippen LogP contribution is -2.49. The van der Waals surface area contributed by atoms with Crippen LogP contribution in [0.2, 0.25) is 0 Å². The minimum Gasteiger partial charge on any atom is -0.337 e. The van der Waals surface area contributed by atoms with Crippen LogP contribution in [0.25, 0.3) is 0 Å². The lowest BCUT2D eigenvalue weighted by Gasteiger charge is -2.34. The number of rotatable bonds is 3. The number of hydrogen-bond acceptors (Lipinski definition) is 7. The van der Waals surface area contributed by atoms with Crippen molar-refractivity contribution in [1.82, 2.24) is 19.9 Å². The summed E-state index contributed by atoms with van der Waals surface area (Å²) in [6.45, 7) is 3.11. The quantitative estimate of drug-likeness (QED) is 0.880. The Morgan fingerprint density at radius 1 is 1.24 bits per heavy atom. The van der Waals surface area contributed by atoms with Crippen molar-refractivity contribution >= 4 is 23.2 Å². The molecule has 1 aliphatic heterocycles. The van der Waals surface area contributed by atoms with E-state index < -0.39 is 0 Å². The molecule has 0 spiro atoms. The number of carbonyl (C=O) groups excluding carboxylic acids is 1. The maximum Gasteiger partial charge on any atom is 0.273 e. The summed E-state index contributed by atoms with van der Waals surface area (Å²) >= 11 is 1.43. The molecule has 0 aliphatic carbocycles. The molecular formula is C13H16N6OS. The summed E-state index contributed by atoms with van der Waals surface area (Å²) in [4.78, 5) is 29.0. The Kier molecular flexibility index (Phi) is 4.07. The molecule has 2 N–H and O–H groups in total. The van der Waals surface area contributed by atoms with E-state index in [2.05, 4.69) is 19.9 Å². The van der Waals surface area contributed by atoms with Crippen molar-refractivity contribution in [2.24, 2.45) is 5.73 Å². The maximum absolute atomic E-state index is 12.4. The molecule has 3 heterocycles. The number of piperazine rings is 1. The first kappa shape index (κ1) is 13.9. The zero-order valence-corrected chi connectivity index (χ0v) is 12.3. The Labute approximate surface area is 126 Å². The van der Waals surface area contributed by atoms with Crippen LogP contribution < -0.4 is 10.6 Å². The number of anilines is 1. The van der Waals surface area contributed by atoms with Crippen molar-refractivity contribution in [2.45, 2.75) is 6.54 Å². The minimum absolute atomic E-state index is 0.0282. The molecule has 0 unspecified atom stereocenters. The minimum atomic E-state index is -0.0282. The van der Waals surface area contributed by atoms with Crippen LogP contribution in [0, 0.1) is 0 Å². The molecule has 0 saturated carbocycles. The van der Waals surface area contributed by atoms with Gasteiger partial charge in [-0.05, 0) is 6.07 Å². The Morgan fingerprint density at radius 2 is 1.95 bits per heavy atom. The summed E-state index contributed by atoms with van der Waals surface area (Å²) in [5, 5.41) is 2.56. The molecule has 21 heavy (non-hydrogen) atoms. The highest BCUT2D eigenvalue weighted by molar-refractivity contribution is 7.09. The molecule has 2 aromatic rings. The average molecular weight is 304 g/mol. The third kappa shape index (κ3) is 3.01. The summed E-state index contributed by atoms with van der Waals surface area (Å²) in [6.07, 6.45) is 3.45. The lowest BCUT2D eigenvalue weighted by atomic mass is 10.3. The van der Waals surface area contributed by atoms with E-state index in [-0.39, 0.29) is 5.91 Å². The third-order valence-electron chi connectivity index (χ3n) is 3.35. The SMILES string of the molecule is NCc1nc(C(=O)N2CCN(c3ncccn3)CC2)cs1. The molecule has 7 nitrogen and oxygen atoms in total. The highest BCUT2D eigenvalue weighted by atomic mass is 32.1. The molecule has 1 saturated heterocycles. The standard InChI is InChI=1S/C13H16N6OS/c14-8-11-17-10(9-21-11)12(20)18-4-6-19(7-5-18)13-15-2-1-3-16-13/h1-3,9H,4-8,14H2. The van der Waals surface area contributed by atoms with Crippen molar-refractivity contribution < 1.29 is 4.79 Å². The second-order valence-electron chi connectivity index (χ2n) is 4.66. The first-order valence-corrected chi connectivity index (χ1v) is 7.61. The Balaban J connectivity index is 1.61. The van der Waals surface area contributed by atoms with E-state index in [4.69, 9.17) is 5.73 Å². The van der Waals surface area contributed by atoms with Gasteiger partial charge in [-0.15, -0.1) is 11.3 Å². The van der Waals surface area contributed by atoms with Crippen LogP contribution in [-0.2, 0) is 6.54 Å². The van der Waals surface area contributed by atoms with Crippen LogP contribution in [0.1, 0.15) is 15.5 Å². The predicted octanol–water partition coefficient (Wildman–Crippen LogP) is 0.354. The monoisotopic (exact) mass is 304 g/mol. The van der Waals surface area contributed by atoms with Crippen molar-refractivity contribution in [3.8, 4) is 0 Å². The Bertz CT molecular complexity index is 608. The molecule has 1 fully saturated rings. The highest BCUT2D eigenvalue weighted by Gasteiger charge is 2.24. The van der Waals surface area contributed by atoms with Gasteiger partial charge in [0.25, 0.3) is 5.91 Å². The number of aromatic nitrogens is 3. The summed E-state index contributed by atoms with van der Waals surface area (Å²) in [5.41, 5.74) is 6.02. The summed E-state index contributed by atoms with van der Waals surface area (Å²) in [6, 6.07) is 1.79. The summed E-state index contributed by atoms with van der Waals surface area (Å²) < 4.78 is 0. The van der Waals surface area contributed by atoms with Gasteiger partial charge < -0.3 is 15.5 Å². The molecule has 8 heteroatoms. The molecule has 2 aromatic heterocycles. The second-order valence-corrected chi connectivity index (χ2v) is 5.60. The van der Waals surface area contributed by atoms with Crippen LogP contribution in [-0.4, -0.2) is 51.9 Å². The molecule has 0 atom stereocenters. The van der Waals surface area contributed by atoms with Crippen molar-refractivity contribution in [3.63, 3.8) is 0 Å². The fraction of sp³-hybridized carbons (Fsp3) is 0.385. The van der Waals surface area contributed by atoms with E-state index in [1.165, 1.54) is 11.3 Å². The number of carbonyl (C=O) groups is 1. The van der Waals surface area contributed by atoms with Gasteiger partial charge in [-0.25, -0.2) is 15.0 Å². The highest BCUT2D eigenvalue weighted by Crippen LogP contribution is 2.14. The number of hydrogen-bond donors (Lipinski definition) is 1. The largest absolute Gasteiger partial charge is 0.337 e.